The monoisotopic (exact) mass is 332 g/mol. The largest absolute Gasteiger partial charge is 0.394 e. The minimum Gasteiger partial charge on any atom is -0.394 e. The molecule has 0 saturated carbocycles. The van der Waals surface area contributed by atoms with Gasteiger partial charge in [0.2, 0.25) is 0 Å². The van der Waals surface area contributed by atoms with Gasteiger partial charge in [0, 0.05) is 19.6 Å². The molecule has 0 rings (SSSR count). The molecule has 0 fully saturated rings. The third-order valence-electron chi connectivity index (χ3n) is 2.89. The fourth-order valence-corrected chi connectivity index (χ4v) is 1.73. The van der Waals surface area contributed by atoms with E-state index < -0.39 is 0 Å². The normalized spacial score (nSPS) is 9.83. The number of allylic oxidation sites excluding steroid dienone is 2. The highest BCUT2D eigenvalue weighted by atomic mass is 16.5. The van der Waals surface area contributed by atoms with E-state index in [1.54, 1.807) is 6.08 Å². The van der Waals surface area contributed by atoms with Crippen LogP contribution in [-0.2, 0) is 9.53 Å². The van der Waals surface area contributed by atoms with Crippen molar-refractivity contribution in [2.24, 2.45) is 0 Å². The summed E-state index contributed by atoms with van der Waals surface area (Å²) < 4.78 is 4.83. The van der Waals surface area contributed by atoms with Crippen LogP contribution >= 0.6 is 0 Å². The van der Waals surface area contributed by atoms with Crippen LogP contribution in [-0.4, -0.2) is 42.4 Å². The Labute approximate surface area is 143 Å². The van der Waals surface area contributed by atoms with Crippen LogP contribution in [0.5, 0.6) is 0 Å². The first-order valence-corrected chi connectivity index (χ1v) is 9.09. The first-order valence-electron chi connectivity index (χ1n) is 9.09. The minimum absolute atomic E-state index is 0.125. The van der Waals surface area contributed by atoms with Crippen molar-refractivity contribution < 1.29 is 19.7 Å². The van der Waals surface area contributed by atoms with E-state index in [1.165, 1.54) is 38.5 Å². The topological polar surface area (TPSA) is 66.8 Å². The molecule has 0 aromatic rings. The summed E-state index contributed by atoms with van der Waals surface area (Å²) in [4.78, 5) is 11.1. The van der Waals surface area contributed by atoms with E-state index in [9.17, 15) is 4.79 Å². The lowest BCUT2D eigenvalue weighted by atomic mass is 10.1. The molecule has 2 N–H and O–H groups in total. The number of carbonyl (C=O) groups excluding carboxylic acids is 1. The molecule has 0 atom stereocenters. The molecule has 0 aromatic heterocycles. The van der Waals surface area contributed by atoms with Crippen LogP contribution < -0.4 is 0 Å². The van der Waals surface area contributed by atoms with E-state index in [-0.39, 0.29) is 19.0 Å². The van der Waals surface area contributed by atoms with Gasteiger partial charge in [0.1, 0.15) is 0 Å². The summed E-state index contributed by atoms with van der Waals surface area (Å²) >= 11 is 0. The molecule has 0 heterocycles. The molecule has 0 aliphatic carbocycles. The van der Waals surface area contributed by atoms with Crippen molar-refractivity contribution in [3.8, 4) is 0 Å². The van der Waals surface area contributed by atoms with Crippen molar-refractivity contribution in [2.75, 3.05) is 26.4 Å². The zero-order valence-electron chi connectivity index (χ0n) is 15.9. The Morgan fingerprint density at radius 3 is 1.70 bits per heavy atom. The van der Waals surface area contributed by atoms with Crippen LogP contribution in [0.4, 0.5) is 0 Å². The van der Waals surface area contributed by atoms with E-state index in [0.717, 1.165) is 26.1 Å². The van der Waals surface area contributed by atoms with Gasteiger partial charge in [0.25, 0.3) is 0 Å². The maximum absolute atomic E-state index is 11.1. The second-order valence-electron chi connectivity index (χ2n) is 5.07. The number of unbranched alkanes of at least 4 members (excludes halogenated alkanes) is 6. The van der Waals surface area contributed by atoms with Gasteiger partial charge >= 0.3 is 0 Å². The smallest absolute Gasteiger partial charge is 0.155 e. The van der Waals surface area contributed by atoms with Crippen molar-refractivity contribution in [1.29, 1.82) is 0 Å². The summed E-state index contributed by atoms with van der Waals surface area (Å²) in [7, 11) is 0. The Morgan fingerprint density at radius 2 is 1.35 bits per heavy atom. The molecular formula is C19H40O4. The third kappa shape index (κ3) is 38.8. The van der Waals surface area contributed by atoms with E-state index in [4.69, 9.17) is 14.9 Å². The number of ether oxygens (including phenoxy) is 1. The summed E-state index contributed by atoms with van der Waals surface area (Å²) in [5.41, 5.74) is 0. The highest BCUT2D eigenvalue weighted by molar-refractivity contribution is 5.89. The van der Waals surface area contributed by atoms with Crippen molar-refractivity contribution in [3.05, 3.63) is 12.2 Å². The average Bonchev–Trinajstić information content (AvgIpc) is 2.56. The fraction of sp³-hybridized carbons (Fsp3) is 0.842. The predicted octanol–water partition coefficient (Wildman–Crippen LogP) is 4.29. The lowest BCUT2D eigenvalue weighted by Gasteiger charge is -1.99. The number of hydrogen-bond acceptors (Lipinski definition) is 4. The van der Waals surface area contributed by atoms with Gasteiger partial charge in [-0.2, -0.15) is 0 Å². The maximum atomic E-state index is 11.1. The number of rotatable bonds is 12. The highest BCUT2D eigenvalue weighted by Gasteiger charge is 1.95. The minimum atomic E-state index is -0.125. The van der Waals surface area contributed by atoms with Crippen LogP contribution in [0, 0.1) is 0 Å². The molecule has 23 heavy (non-hydrogen) atoms. The zero-order valence-corrected chi connectivity index (χ0v) is 15.9. The molecule has 0 aliphatic rings. The molecule has 0 amide bonds. The number of carbonyl (C=O) groups is 1. The Kier molecular flexibility index (Phi) is 34.6. The van der Waals surface area contributed by atoms with Crippen LogP contribution in [0.3, 0.4) is 0 Å². The molecule has 0 saturated heterocycles. The second kappa shape index (κ2) is 29.3. The van der Waals surface area contributed by atoms with Crippen molar-refractivity contribution in [3.63, 3.8) is 0 Å². The van der Waals surface area contributed by atoms with Crippen LogP contribution in [0.15, 0.2) is 12.2 Å². The van der Waals surface area contributed by atoms with Gasteiger partial charge in [0.05, 0.1) is 13.2 Å². The predicted molar refractivity (Wildman–Crippen MR) is 98.8 cm³/mol. The molecule has 0 spiro atoms. The summed E-state index contributed by atoms with van der Waals surface area (Å²) in [5.74, 6) is 0.279. The van der Waals surface area contributed by atoms with E-state index in [2.05, 4.69) is 6.92 Å². The number of aliphatic hydroxyl groups is 2. The number of ketones is 1. The van der Waals surface area contributed by atoms with Gasteiger partial charge in [-0.3, -0.25) is 4.79 Å². The van der Waals surface area contributed by atoms with Crippen molar-refractivity contribution in [1.82, 2.24) is 0 Å². The SMILES string of the molecule is C/C=C/C(=O)CCCCCCCCC.CCOCC.OCCO. The van der Waals surface area contributed by atoms with Gasteiger partial charge in [-0.15, -0.1) is 0 Å². The fourth-order valence-electron chi connectivity index (χ4n) is 1.73. The quantitative estimate of drug-likeness (QED) is 0.413. The average molecular weight is 333 g/mol. The van der Waals surface area contributed by atoms with Crippen molar-refractivity contribution in [2.45, 2.75) is 79.1 Å². The van der Waals surface area contributed by atoms with Crippen LogP contribution in [0.25, 0.3) is 0 Å². The Morgan fingerprint density at radius 1 is 0.870 bits per heavy atom. The van der Waals surface area contributed by atoms with Crippen LogP contribution in [0.2, 0.25) is 0 Å². The van der Waals surface area contributed by atoms with Gasteiger partial charge < -0.3 is 14.9 Å². The first kappa shape index (κ1) is 27.2. The molecule has 0 aliphatic heterocycles. The van der Waals surface area contributed by atoms with Crippen molar-refractivity contribution >= 4 is 5.78 Å². The summed E-state index contributed by atoms with van der Waals surface area (Å²) in [6, 6.07) is 0. The molecule has 0 bridgehead atoms. The molecule has 140 valence electrons. The van der Waals surface area contributed by atoms with E-state index in [0.29, 0.717) is 0 Å². The third-order valence-corrected chi connectivity index (χ3v) is 2.89. The summed E-state index contributed by atoms with van der Waals surface area (Å²) in [6.07, 6.45) is 13.2. The Balaban J connectivity index is -0.000000365. The number of aliphatic hydroxyl groups excluding tert-OH is 2. The standard InChI is InChI=1S/C13H24O.C4H10O.C2H6O2/c1-3-5-6-7-8-9-10-12-13(14)11-4-2;1-3-5-4-2;3-1-2-4/h4,11H,3,5-10,12H2,1-2H3;3-4H2,1-2H3;3-4H,1-2H2/b11-4+;;. The van der Waals surface area contributed by atoms with E-state index in [1.807, 2.05) is 26.8 Å². The second-order valence-corrected chi connectivity index (χ2v) is 5.07. The molecular weight excluding hydrogens is 292 g/mol. The van der Waals surface area contributed by atoms with Gasteiger partial charge in [-0.1, -0.05) is 51.5 Å². The highest BCUT2D eigenvalue weighted by Crippen LogP contribution is 2.08. The maximum Gasteiger partial charge on any atom is 0.155 e. The summed E-state index contributed by atoms with van der Waals surface area (Å²) in [5, 5.41) is 15.2. The first-order chi connectivity index (χ1) is 11.1. The zero-order chi connectivity index (χ0) is 18.2. The molecule has 0 unspecified atom stereocenters. The molecule has 4 heteroatoms. The molecule has 0 radical (unpaired) electrons. The van der Waals surface area contributed by atoms with Gasteiger partial charge in [0.15, 0.2) is 5.78 Å². The van der Waals surface area contributed by atoms with E-state index >= 15 is 0 Å². The Hall–Kier alpha value is -0.710. The molecule has 4 nitrogen and oxygen atoms in total. The number of hydrogen-bond donors (Lipinski definition) is 2. The van der Waals surface area contributed by atoms with Gasteiger partial charge in [-0.25, -0.2) is 0 Å². The lowest BCUT2D eigenvalue weighted by Crippen LogP contribution is -1.91. The van der Waals surface area contributed by atoms with Gasteiger partial charge in [-0.05, 0) is 33.3 Å². The summed E-state index contributed by atoms with van der Waals surface area (Å²) in [6.45, 7) is 9.54. The molecule has 0 aromatic carbocycles. The van der Waals surface area contributed by atoms with Crippen LogP contribution in [0.1, 0.15) is 79.1 Å². The Bertz CT molecular complexity index is 223. The lowest BCUT2D eigenvalue weighted by molar-refractivity contribution is -0.114.